The Morgan fingerprint density at radius 1 is 1.21 bits per heavy atom. The Morgan fingerprint density at radius 3 is 2.71 bits per heavy atom. The molecule has 8 heteroatoms. The van der Waals surface area contributed by atoms with Gasteiger partial charge in [-0.2, -0.15) is 0 Å². The van der Waals surface area contributed by atoms with Gasteiger partial charge in [-0.05, 0) is 19.1 Å². The fraction of sp³-hybridized carbons (Fsp3) is 0.375. The van der Waals surface area contributed by atoms with Gasteiger partial charge >= 0.3 is 0 Å². The summed E-state index contributed by atoms with van der Waals surface area (Å²) in [7, 11) is 0. The normalized spacial score (nSPS) is 27.0. The number of ether oxygens (including phenoxy) is 1. The molecule has 3 heterocycles. The van der Waals surface area contributed by atoms with Crippen LogP contribution in [0, 0.1) is 12.7 Å². The van der Waals surface area contributed by atoms with E-state index < -0.39 is 29.6 Å². The van der Waals surface area contributed by atoms with Gasteiger partial charge in [-0.25, -0.2) is 9.37 Å². The first-order valence-corrected chi connectivity index (χ1v) is 8.41. The molecule has 1 aliphatic heterocycles. The van der Waals surface area contributed by atoms with Crippen LogP contribution in [0.4, 0.5) is 4.39 Å². The van der Waals surface area contributed by atoms with E-state index in [-0.39, 0.29) is 17.2 Å². The van der Waals surface area contributed by atoms with E-state index in [1.165, 1.54) is 12.3 Å². The predicted octanol–water partition coefficient (Wildman–Crippen LogP) is 1.13. The number of aryl methyl sites for hydroxylation is 1. The predicted molar refractivity (Wildman–Crippen MR) is 87.1 cm³/mol. The lowest BCUT2D eigenvalue weighted by Crippen LogP contribution is -2.50. The summed E-state index contributed by atoms with van der Waals surface area (Å²) in [5.41, 5.74) is 0.735. The van der Waals surface area contributed by atoms with Crippen LogP contribution in [0.1, 0.15) is 5.69 Å². The quantitative estimate of drug-likeness (QED) is 0.762. The molecule has 0 aliphatic carbocycles. The van der Waals surface area contributed by atoms with Gasteiger partial charge in [0.2, 0.25) is 0 Å². The molecule has 24 heavy (non-hydrogen) atoms. The molecule has 0 unspecified atom stereocenters. The number of thioether (sulfide) groups is 1. The average Bonchev–Trinajstić information content (AvgIpc) is 2.55. The van der Waals surface area contributed by atoms with Crippen molar-refractivity contribution < 1.29 is 24.4 Å². The van der Waals surface area contributed by atoms with Crippen LogP contribution >= 0.6 is 11.8 Å². The first-order valence-electron chi connectivity index (χ1n) is 7.37. The number of nitrogens with zero attached hydrogens (tertiary/aromatic N) is 2. The number of hydrogen-bond acceptors (Lipinski definition) is 7. The molecule has 2 aromatic rings. The fourth-order valence-corrected chi connectivity index (χ4v) is 3.53. The van der Waals surface area contributed by atoms with Crippen molar-refractivity contribution in [1.82, 2.24) is 9.97 Å². The van der Waals surface area contributed by atoms with E-state index in [0.717, 1.165) is 17.5 Å². The minimum atomic E-state index is -1.30. The highest BCUT2D eigenvalue weighted by atomic mass is 32.2. The Labute approximate surface area is 142 Å². The highest BCUT2D eigenvalue weighted by Gasteiger charge is 2.38. The molecular weight excluding hydrogens is 335 g/mol. The van der Waals surface area contributed by atoms with Crippen LogP contribution in [0.15, 0.2) is 30.6 Å². The van der Waals surface area contributed by atoms with E-state index >= 15 is 0 Å². The number of aliphatic hydroxyl groups is 3. The Kier molecular flexibility index (Phi) is 5.00. The smallest absolute Gasteiger partial charge is 0.173 e. The first-order chi connectivity index (χ1) is 11.5. The second-order valence-electron chi connectivity index (χ2n) is 5.56. The molecule has 128 valence electrons. The van der Waals surface area contributed by atoms with Gasteiger partial charge in [0.05, 0.1) is 12.3 Å². The summed E-state index contributed by atoms with van der Waals surface area (Å²) in [6.07, 6.45) is -0.647. The van der Waals surface area contributed by atoms with Crippen molar-refractivity contribution in [2.75, 3.05) is 5.75 Å². The lowest BCUT2D eigenvalue weighted by atomic mass is 10.1. The van der Waals surface area contributed by atoms with E-state index in [4.69, 9.17) is 4.74 Å². The van der Waals surface area contributed by atoms with Crippen LogP contribution in [0.2, 0.25) is 0 Å². The molecule has 0 spiro atoms. The minimum absolute atomic E-state index is 0.141. The molecule has 0 amide bonds. The number of pyridine rings is 2. The average molecular weight is 352 g/mol. The molecule has 0 aromatic carbocycles. The van der Waals surface area contributed by atoms with Gasteiger partial charge in [0.15, 0.2) is 11.3 Å². The van der Waals surface area contributed by atoms with Gasteiger partial charge in [-0.15, -0.1) is 11.8 Å². The van der Waals surface area contributed by atoms with Crippen molar-refractivity contribution in [2.45, 2.75) is 30.7 Å². The summed E-state index contributed by atoms with van der Waals surface area (Å²) in [6.45, 7) is 1.81. The summed E-state index contributed by atoms with van der Waals surface area (Å²) < 4.78 is 19.8. The molecule has 0 radical (unpaired) electrons. The van der Waals surface area contributed by atoms with Crippen LogP contribution in [0.25, 0.3) is 11.3 Å². The van der Waals surface area contributed by atoms with E-state index in [2.05, 4.69) is 9.97 Å². The van der Waals surface area contributed by atoms with Crippen LogP contribution in [-0.4, -0.2) is 54.8 Å². The molecule has 0 bridgehead atoms. The second kappa shape index (κ2) is 7.02. The Bertz CT molecular complexity index is 733. The van der Waals surface area contributed by atoms with Gasteiger partial charge in [-0.3, -0.25) is 4.98 Å². The molecule has 1 saturated heterocycles. The third-order valence-corrected chi connectivity index (χ3v) is 4.93. The monoisotopic (exact) mass is 352 g/mol. The van der Waals surface area contributed by atoms with E-state index in [0.29, 0.717) is 5.56 Å². The molecule has 1 fully saturated rings. The van der Waals surface area contributed by atoms with Crippen molar-refractivity contribution in [1.29, 1.82) is 0 Å². The van der Waals surface area contributed by atoms with Crippen molar-refractivity contribution in [3.8, 4) is 17.0 Å². The molecule has 3 rings (SSSR count). The second-order valence-corrected chi connectivity index (χ2v) is 6.69. The zero-order valence-corrected chi connectivity index (χ0v) is 13.7. The van der Waals surface area contributed by atoms with Crippen LogP contribution in [-0.2, 0) is 0 Å². The number of hydrogen-bond donors (Lipinski definition) is 3. The highest BCUT2D eigenvalue weighted by Crippen LogP contribution is 2.30. The van der Waals surface area contributed by atoms with Crippen molar-refractivity contribution in [3.63, 3.8) is 0 Å². The maximum Gasteiger partial charge on any atom is 0.173 e. The van der Waals surface area contributed by atoms with Gasteiger partial charge in [0.25, 0.3) is 0 Å². The van der Waals surface area contributed by atoms with E-state index in [1.54, 1.807) is 25.3 Å². The number of halogens is 1. The highest BCUT2D eigenvalue weighted by molar-refractivity contribution is 7.99. The third kappa shape index (κ3) is 3.51. The zero-order valence-electron chi connectivity index (χ0n) is 12.8. The van der Waals surface area contributed by atoms with Crippen molar-refractivity contribution in [3.05, 3.63) is 42.1 Å². The molecule has 1 aliphatic rings. The summed E-state index contributed by atoms with van der Waals surface area (Å²) in [6, 6.07) is 4.57. The minimum Gasteiger partial charge on any atom is -0.475 e. The van der Waals surface area contributed by atoms with Gasteiger partial charge in [-0.1, -0.05) is 0 Å². The maximum atomic E-state index is 14.3. The SMILES string of the molecule is Cc1cc(-c2ncc(O[C@@H]3SC[C@@H](O)[C@H](O)[C@H]3O)cc2F)ccn1. The molecule has 6 nitrogen and oxygen atoms in total. The Balaban J connectivity index is 1.78. The molecule has 4 atom stereocenters. The maximum absolute atomic E-state index is 14.3. The lowest BCUT2D eigenvalue weighted by Gasteiger charge is -2.34. The molecule has 2 aromatic heterocycles. The summed E-state index contributed by atoms with van der Waals surface area (Å²) in [5, 5.41) is 29.1. The third-order valence-electron chi connectivity index (χ3n) is 3.69. The Morgan fingerprint density at radius 2 is 2.00 bits per heavy atom. The van der Waals surface area contributed by atoms with E-state index in [1.807, 2.05) is 0 Å². The van der Waals surface area contributed by atoms with Crippen molar-refractivity contribution in [2.24, 2.45) is 0 Å². The molecule has 3 N–H and O–H groups in total. The van der Waals surface area contributed by atoms with Gasteiger partial charge in [0.1, 0.15) is 23.7 Å². The zero-order chi connectivity index (χ0) is 17.3. The first kappa shape index (κ1) is 17.1. The number of rotatable bonds is 3. The summed E-state index contributed by atoms with van der Waals surface area (Å²) in [4.78, 5) is 8.15. The Hall–Kier alpha value is -1.74. The van der Waals surface area contributed by atoms with Crippen LogP contribution < -0.4 is 4.74 Å². The largest absolute Gasteiger partial charge is 0.475 e. The standard InChI is InChI=1S/C16H17FN2O4S/c1-8-4-9(2-3-18-8)13-11(17)5-10(6-19-13)23-16-15(22)14(21)12(20)7-24-16/h2-6,12,14-16,20-22H,7H2,1H3/t12-,14+,15-,16-/m1/s1. The fourth-order valence-electron chi connectivity index (χ4n) is 2.41. The summed E-state index contributed by atoms with van der Waals surface area (Å²) in [5.74, 6) is -0.205. The van der Waals surface area contributed by atoms with Gasteiger partial charge < -0.3 is 20.1 Å². The van der Waals surface area contributed by atoms with E-state index in [9.17, 15) is 19.7 Å². The van der Waals surface area contributed by atoms with Crippen LogP contribution in [0.5, 0.6) is 5.75 Å². The molecular formula is C16H17FN2O4S. The number of aromatic nitrogens is 2. The number of aliphatic hydroxyl groups excluding tert-OH is 3. The topological polar surface area (TPSA) is 95.7 Å². The van der Waals surface area contributed by atoms with Crippen molar-refractivity contribution >= 4 is 11.8 Å². The van der Waals surface area contributed by atoms with Crippen LogP contribution in [0.3, 0.4) is 0 Å². The lowest BCUT2D eigenvalue weighted by molar-refractivity contribution is -0.0786. The summed E-state index contributed by atoms with van der Waals surface area (Å²) >= 11 is 1.15. The van der Waals surface area contributed by atoms with Gasteiger partial charge in [0, 0.05) is 29.3 Å². The molecule has 0 saturated carbocycles.